The topological polar surface area (TPSA) is 51.5 Å². The number of carbonyl (C=O) groups excluding carboxylic acids is 1. The Labute approximate surface area is 155 Å². The molecule has 27 heavy (non-hydrogen) atoms. The summed E-state index contributed by atoms with van der Waals surface area (Å²) < 4.78 is 85.6. The monoisotopic (exact) mass is 414 g/mol. The number of alkyl halides is 6. The van der Waals surface area contributed by atoms with Crippen molar-refractivity contribution in [2.24, 2.45) is 10.9 Å². The van der Waals surface area contributed by atoms with Crippen molar-refractivity contribution in [1.82, 2.24) is 4.98 Å². The zero-order chi connectivity index (χ0) is 20.6. The Balaban J connectivity index is 3.01. The van der Waals surface area contributed by atoms with Gasteiger partial charge in [-0.15, -0.1) is 11.8 Å². The lowest BCUT2D eigenvalue weighted by atomic mass is 9.91. The summed E-state index contributed by atoms with van der Waals surface area (Å²) in [4.78, 5) is 18.9. The summed E-state index contributed by atoms with van der Waals surface area (Å²) in [6.45, 7) is 3.47. The van der Waals surface area contributed by atoms with Gasteiger partial charge in [-0.2, -0.15) is 26.3 Å². The van der Waals surface area contributed by atoms with E-state index in [2.05, 4.69) is 14.7 Å². The van der Waals surface area contributed by atoms with E-state index >= 15 is 0 Å². The van der Waals surface area contributed by atoms with Gasteiger partial charge in [0, 0.05) is 17.9 Å². The average Bonchev–Trinajstić information content (AvgIpc) is 3.04. The number of aliphatic imine (C=N–C) groups is 1. The molecule has 0 fully saturated rings. The van der Waals surface area contributed by atoms with E-state index in [0.29, 0.717) is 5.75 Å². The Hall–Kier alpha value is -1.78. The molecule has 11 heteroatoms. The summed E-state index contributed by atoms with van der Waals surface area (Å²) in [5.74, 6) is -1.32. The van der Waals surface area contributed by atoms with Crippen molar-refractivity contribution in [2.75, 3.05) is 19.4 Å². The van der Waals surface area contributed by atoms with Gasteiger partial charge in [0.25, 0.3) is 0 Å². The molecule has 4 nitrogen and oxygen atoms in total. The van der Waals surface area contributed by atoms with Crippen molar-refractivity contribution in [3.63, 3.8) is 0 Å². The zero-order valence-corrected chi connectivity index (χ0v) is 15.4. The smallest absolute Gasteiger partial charge is 0.434 e. The number of methoxy groups -OCH3 is 1. The van der Waals surface area contributed by atoms with E-state index in [1.54, 1.807) is 13.8 Å². The number of rotatable bonds is 4. The van der Waals surface area contributed by atoms with Gasteiger partial charge in [-0.3, -0.25) is 4.99 Å². The molecule has 1 aliphatic heterocycles. The first kappa shape index (κ1) is 21.5. The van der Waals surface area contributed by atoms with Crippen LogP contribution in [-0.4, -0.2) is 35.4 Å². The second kappa shape index (κ2) is 7.69. The lowest BCUT2D eigenvalue weighted by Crippen LogP contribution is -2.27. The Kier molecular flexibility index (Phi) is 6.13. The molecule has 0 unspecified atom stereocenters. The second-order valence-electron chi connectivity index (χ2n) is 6.16. The molecular formula is C16H16F6N2O2S. The zero-order valence-electron chi connectivity index (χ0n) is 14.6. The molecule has 0 amide bonds. The second-order valence-corrected chi connectivity index (χ2v) is 7.24. The Morgan fingerprint density at radius 1 is 1.15 bits per heavy atom. The molecule has 0 radical (unpaired) electrons. The summed E-state index contributed by atoms with van der Waals surface area (Å²) in [6.07, 6.45) is -10.6. The van der Waals surface area contributed by atoms with E-state index in [1.807, 2.05) is 0 Å². The largest absolute Gasteiger partial charge is 0.465 e. The third-order valence-corrected chi connectivity index (χ3v) is 4.63. The minimum atomic E-state index is -5.27. The summed E-state index contributed by atoms with van der Waals surface area (Å²) in [7, 11) is 0.862. The van der Waals surface area contributed by atoms with E-state index in [1.165, 1.54) is 0 Å². The minimum Gasteiger partial charge on any atom is -0.465 e. The van der Waals surface area contributed by atoms with E-state index in [4.69, 9.17) is 0 Å². The molecule has 150 valence electrons. The summed E-state index contributed by atoms with van der Waals surface area (Å²) in [6, 6.07) is 0. The summed E-state index contributed by atoms with van der Waals surface area (Å²) >= 11 is 0.985. The number of aromatic nitrogens is 1. The maximum Gasteiger partial charge on any atom is 0.434 e. The van der Waals surface area contributed by atoms with Crippen LogP contribution in [0.2, 0.25) is 0 Å². The number of nitrogens with zero attached hydrogens (tertiary/aromatic N) is 2. The van der Waals surface area contributed by atoms with Crippen molar-refractivity contribution < 1.29 is 35.9 Å². The van der Waals surface area contributed by atoms with Gasteiger partial charge in [0.2, 0.25) is 0 Å². The maximum absolute atomic E-state index is 13.6. The standard InChI is InChI=1S/C16H16F6N2O2S/c1-7(2)6-8-9(13-23-4-5-27-13)11(15(17,18)19)24-12(16(20,21)22)10(8)14(25)26-3/h7H,4-6H2,1-3H3. The van der Waals surface area contributed by atoms with Crippen LogP contribution < -0.4 is 0 Å². The number of halogens is 6. The average molecular weight is 414 g/mol. The van der Waals surface area contributed by atoms with Crippen LogP contribution in [0.25, 0.3) is 0 Å². The number of thioether (sulfide) groups is 1. The first-order valence-electron chi connectivity index (χ1n) is 7.85. The molecule has 0 saturated heterocycles. The molecule has 0 aliphatic carbocycles. The lowest BCUT2D eigenvalue weighted by Gasteiger charge is -2.23. The highest BCUT2D eigenvalue weighted by Gasteiger charge is 2.46. The molecule has 1 aliphatic rings. The maximum atomic E-state index is 13.6. The number of hydrogen-bond donors (Lipinski definition) is 0. The van der Waals surface area contributed by atoms with Crippen molar-refractivity contribution >= 4 is 22.8 Å². The quantitative estimate of drug-likeness (QED) is 0.534. The van der Waals surface area contributed by atoms with Crippen LogP contribution in [0, 0.1) is 5.92 Å². The molecule has 1 aromatic heterocycles. The molecule has 0 saturated carbocycles. The normalized spacial score (nSPS) is 15.3. The van der Waals surface area contributed by atoms with Gasteiger partial charge in [-0.05, 0) is 17.9 Å². The molecule has 0 spiro atoms. The molecule has 0 N–H and O–H groups in total. The first-order valence-corrected chi connectivity index (χ1v) is 8.83. The summed E-state index contributed by atoms with van der Waals surface area (Å²) in [5, 5.41) is -0.0654. The number of carbonyl (C=O) groups is 1. The fraction of sp³-hybridized carbons (Fsp3) is 0.562. The van der Waals surface area contributed by atoms with Crippen LogP contribution in [0.5, 0.6) is 0 Å². The lowest BCUT2D eigenvalue weighted by molar-refractivity contribution is -0.150. The molecule has 2 heterocycles. The highest BCUT2D eigenvalue weighted by Crippen LogP contribution is 2.42. The van der Waals surface area contributed by atoms with Crippen LogP contribution in [0.4, 0.5) is 26.3 Å². The van der Waals surface area contributed by atoms with Crippen LogP contribution in [-0.2, 0) is 23.5 Å². The third-order valence-electron chi connectivity index (χ3n) is 3.64. The Bertz CT molecular complexity index is 772. The molecule has 0 atom stereocenters. The Morgan fingerprint density at radius 3 is 2.15 bits per heavy atom. The minimum absolute atomic E-state index is 0.0654. The summed E-state index contributed by atoms with van der Waals surface area (Å²) in [5.41, 5.74) is -5.53. The number of hydrogen-bond acceptors (Lipinski definition) is 5. The number of ether oxygens (including phenoxy) is 1. The molecule has 0 aromatic carbocycles. The molecule has 0 bridgehead atoms. The van der Waals surface area contributed by atoms with Crippen LogP contribution in [0.15, 0.2) is 4.99 Å². The first-order chi connectivity index (χ1) is 12.4. The van der Waals surface area contributed by atoms with E-state index in [-0.39, 0.29) is 29.5 Å². The molecule has 1 aromatic rings. The van der Waals surface area contributed by atoms with Crippen LogP contribution in [0.1, 0.15) is 46.7 Å². The van der Waals surface area contributed by atoms with Gasteiger partial charge in [0.05, 0.1) is 12.7 Å². The number of pyridine rings is 1. The van der Waals surface area contributed by atoms with Gasteiger partial charge >= 0.3 is 18.3 Å². The van der Waals surface area contributed by atoms with Crippen molar-refractivity contribution in [2.45, 2.75) is 32.6 Å². The van der Waals surface area contributed by atoms with Gasteiger partial charge in [-0.25, -0.2) is 9.78 Å². The molecule has 2 rings (SSSR count). The Morgan fingerprint density at radius 2 is 1.74 bits per heavy atom. The number of esters is 1. The predicted molar refractivity (Wildman–Crippen MR) is 88.0 cm³/mol. The fourth-order valence-electron chi connectivity index (χ4n) is 2.70. The van der Waals surface area contributed by atoms with Crippen LogP contribution >= 0.6 is 11.8 Å². The molecular weight excluding hydrogens is 398 g/mol. The van der Waals surface area contributed by atoms with E-state index in [0.717, 1.165) is 18.9 Å². The van der Waals surface area contributed by atoms with E-state index in [9.17, 15) is 31.1 Å². The van der Waals surface area contributed by atoms with Crippen LogP contribution in [0.3, 0.4) is 0 Å². The van der Waals surface area contributed by atoms with Gasteiger partial charge in [-0.1, -0.05) is 13.8 Å². The van der Waals surface area contributed by atoms with Gasteiger partial charge in [0.1, 0.15) is 5.04 Å². The van der Waals surface area contributed by atoms with Gasteiger partial charge < -0.3 is 4.74 Å². The third kappa shape index (κ3) is 4.56. The van der Waals surface area contributed by atoms with E-state index < -0.39 is 40.8 Å². The highest BCUT2D eigenvalue weighted by molar-refractivity contribution is 8.14. The van der Waals surface area contributed by atoms with Crippen molar-refractivity contribution in [1.29, 1.82) is 0 Å². The van der Waals surface area contributed by atoms with Gasteiger partial charge in [0.15, 0.2) is 11.4 Å². The fourth-order valence-corrected chi connectivity index (χ4v) is 3.62. The highest BCUT2D eigenvalue weighted by atomic mass is 32.2. The van der Waals surface area contributed by atoms with Crippen molar-refractivity contribution in [3.8, 4) is 0 Å². The SMILES string of the molecule is COC(=O)c1c(C(F)(F)F)nc(C(F)(F)F)c(C2=NCCS2)c1CC(C)C. The predicted octanol–water partition coefficient (Wildman–Crippen LogP) is 4.60. The van der Waals surface area contributed by atoms with Crippen molar-refractivity contribution in [3.05, 3.63) is 28.1 Å².